The topological polar surface area (TPSA) is 21.3 Å². The van der Waals surface area contributed by atoms with E-state index in [4.69, 9.17) is 6.42 Å². The number of halogens is 2. The van der Waals surface area contributed by atoms with Crippen LogP contribution in [0.3, 0.4) is 0 Å². The molecule has 0 saturated carbocycles. The molecular formula is C7H11F2NO. The van der Waals surface area contributed by atoms with E-state index in [1.165, 1.54) is 0 Å². The van der Waals surface area contributed by atoms with Gasteiger partial charge in [0.2, 0.25) is 0 Å². The van der Waals surface area contributed by atoms with Gasteiger partial charge in [-0.25, -0.2) is 8.78 Å². The van der Waals surface area contributed by atoms with Crippen molar-refractivity contribution in [3.8, 4) is 12.3 Å². The monoisotopic (exact) mass is 163 g/mol. The number of nitrogens with one attached hydrogen (secondary N) is 1. The molecule has 0 aromatic rings. The predicted molar refractivity (Wildman–Crippen MR) is 38.5 cm³/mol. The van der Waals surface area contributed by atoms with Crippen molar-refractivity contribution < 1.29 is 13.5 Å². The van der Waals surface area contributed by atoms with Crippen LogP contribution in [0.15, 0.2) is 0 Å². The van der Waals surface area contributed by atoms with Gasteiger partial charge in [0, 0.05) is 6.54 Å². The zero-order valence-electron chi connectivity index (χ0n) is 6.15. The fourth-order valence-corrected chi connectivity index (χ4v) is 0.477. The first-order chi connectivity index (χ1) is 5.27. The smallest absolute Gasteiger partial charge is 0.261 e. The highest BCUT2D eigenvalue weighted by molar-refractivity contribution is 4.86. The summed E-state index contributed by atoms with van der Waals surface area (Å²) in [6, 6.07) is 0. The summed E-state index contributed by atoms with van der Waals surface area (Å²) in [7, 11) is 0. The number of hydrogen-bond donors (Lipinski definition) is 1. The molecule has 0 spiro atoms. The van der Waals surface area contributed by atoms with E-state index in [9.17, 15) is 8.78 Å². The van der Waals surface area contributed by atoms with Crippen LogP contribution in [0.2, 0.25) is 0 Å². The third kappa shape index (κ3) is 9.34. The van der Waals surface area contributed by atoms with Gasteiger partial charge in [0.25, 0.3) is 6.43 Å². The second-order valence-corrected chi connectivity index (χ2v) is 1.85. The molecule has 0 unspecified atom stereocenters. The van der Waals surface area contributed by atoms with Crippen LogP contribution < -0.4 is 5.32 Å². The first kappa shape index (κ1) is 10.3. The molecule has 0 aliphatic rings. The maximum absolute atomic E-state index is 11.4. The molecule has 0 aromatic carbocycles. The Kier molecular flexibility index (Phi) is 7.00. The molecule has 0 amide bonds. The Morgan fingerprint density at radius 1 is 1.55 bits per heavy atom. The average Bonchev–Trinajstić information content (AvgIpc) is 1.96. The van der Waals surface area contributed by atoms with Crippen molar-refractivity contribution >= 4 is 0 Å². The van der Waals surface area contributed by atoms with Crippen LogP contribution in [0.4, 0.5) is 8.78 Å². The quantitative estimate of drug-likeness (QED) is 0.454. The molecule has 1 N–H and O–H groups in total. The van der Waals surface area contributed by atoms with E-state index in [1.54, 1.807) is 0 Å². The Bertz CT molecular complexity index is 122. The van der Waals surface area contributed by atoms with Gasteiger partial charge >= 0.3 is 0 Å². The highest BCUT2D eigenvalue weighted by Gasteiger charge is 1.99. The zero-order valence-corrected chi connectivity index (χ0v) is 6.15. The zero-order chi connectivity index (χ0) is 8.53. The molecule has 0 heterocycles. The molecule has 0 saturated heterocycles. The molecule has 0 aromatic heterocycles. The molecule has 0 aliphatic heterocycles. The van der Waals surface area contributed by atoms with Crippen LogP contribution >= 0.6 is 0 Å². The Morgan fingerprint density at radius 2 is 2.27 bits per heavy atom. The number of alkyl halides is 2. The average molecular weight is 163 g/mol. The number of rotatable bonds is 6. The minimum Gasteiger partial charge on any atom is -0.374 e. The van der Waals surface area contributed by atoms with E-state index < -0.39 is 13.0 Å². The number of hydrogen-bond acceptors (Lipinski definition) is 2. The first-order valence-corrected chi connectivity index (χ1v) is 3.27. The van der Waals surface area contributed by atoms with Crippen LogP contribution in [0.5, 0.6) is 0 Å². The van der Waals surface area contributed by atoms with Gasteiger partial charge in [0.1, 0.15) is 6.61 Å². The summed E-state index contributed by atoms with van der Waals surface area (Å²) in [5, 5.41) is 2.80. The van der Waals surface area contributed by atoms with Crippen LogP contribution in [-0.2, 0) is 4.74 Å². The summed E-state index contributed by atoms with van der Waals surface area (Å²) >= 11 is 0. The van der Waals surface area contributed by atoms with Gasteiger partial charge in [-0.2, -0.15) is 0 Å². The van der Waals surface area contributed by atoms with Gasteiger partial charge in [-0.1, -0.05) is 5.92 Å². The lowest BCUT2D eigenvalue weighted by molar-refractivity contribution is 0.0190. The highest BCUT2D eigenvalue weighted by atomic mass is 19.3. The Morgan fingerprint density at radius 3 is 2.82 bits per heavy atom. The van der Waals surface area contributed by atoms with Crippen molar-refractivity contribution in [2.24, 2.45) is 0 Å². The summed E-state index contributed by atoms with van der Waals surface area (Å²) in [6.07, 6.45) is 2.53. The largest absolute Gasteiger partial charge is 0.374 e. The molecule has 0 atom stereocenters. The van der Waals surface area contributed by atoms with Gasteiger partial charge in [0.15, 0.2) is 0 Å². The molecule has 0 fully saturated rings. The molecule has 64 valence electrons. The van der Waals surface area contributed by atoms with E-state index in [1.807, 2.05) is 0 Å². The summed E-state index contributed by atoms with van der Waals surface area (Å²) in [5.74, 6) is 2.35. The summed E-state index contributed by atoms with van der Waals surface area (Å²) < 4.78 is 27.4. The van der Waals surface area contributed by atoms with Crippen molar-refractivity contribution in [2.45, 2.75) is 6.43 Å². The Hall–Kier alpha value is -0.660. The summed E-state index contributed by atoms with van der Waals surface area (Å²) in [6.45, 7) is 0.721. The normalized spacial score (nSPS) is 10.0. The molecule has 4 heteroatoms. The molecule has 2 nitrogen and oxygen atoms in total. The van der Waals surface area contributed by atoms with Gasteiger partial charge in [-0.05, 0) is 0 Å². The predicted octanol–water partition coefficient (Wildman–Crippen LogP) is 0.491. The number of ether oxygens (including phenoxy) is 1. The van der Waals surface area contributed by atoms with E-state index in [-0.39, 0.29) is 6.61 Å². The van der Waals surface area contributed by atoms with Crippen LogP contribution in [0, 0.1) is 12.3 Å². The second kappa shape index (κ2) is 7.45. The fraction of sp³-hybridized carbons (Fsp3) is 0.714. The third-order valence-electron chi connectivity index (χ3n) is 0.894. The minimum absolute atomic E-state index is 0.270. The highest BCUT2D eigenvalue weighted by Crippen LogP contribution is 1.90. The third-order valence-corrected chi connectivity index (χ3v) is 0.894. The molecule has 0 radical (unpaired) electrons. The van der Waals surface area contributed by atoms with Gasteiger partial charge in [-0.3, -0.25) is 0 Å². The van der Waals surface area contributed by atoms with Gasteiger partial charge < -0.3 is 10.1 Å². The van der Waals surface area contributed by atoms with Crippen LogP contribution in [-0.4, -0.2) is 32.7 Å². The van der Waals surface area contributed by atoms with Crippen molar-refractivity contribution in [1.29, 1.82) is 0 Å². The van der Waals surface area contributed by atoms with E-state index in [0.29, 0.717) is 13.1 Å². The first-order valence-electron chi connectivity index (χ1n) is 3.27. The lowest BCUT2D eigenvalue weighted by atomic mass is 10.6. The maximum Gasteiger partial charge on any atom is 0.261 e. The SMILES string of the molecule is C#CCNCCOCC(F)F. The van der Waals surface area contributed by atoms with Crippen LogP contribution in [0.25, 0.3) is 0 Å². The van der Waals surface area contributed by atoms with Crippen molar-refractivity contribution in [1.82, 2.24) is 5.32 Å². The second-order valence-electron chi connectivity index (χ2n) is 1.85. The van der Waals surface area contributed by atoms with Crippen molar-refractivity contribution in [3.63, 3.8) is 0 Å². The fourth-order valence-electron chi connectivity index (χ4n) is 0.477. The van der Waals surface area contributed by atoms with Gasteiger partial charge in [-0.15, -0.1) is 6.42 Å². The molecule has 0 rings (SSSR count). The number of terminal acetylenes is 1. The van der Waals surface area contributed by atoms with Gasteiger partial charge in [0.05, 0.1) is 13.2 Å². The molecule has 11 heavy (non-hydrogen) atoms. The summed E-state index contributed by atoms with van der Waals surface area (Å²) in [4.78, 5) is 0. The van der Waals surface area contributed by atoms with Crippen LogP contribution in [0.1, 0.15) is 0 Å². The lowest BCUT2D eigenvalue weighted by Crippen LogP contribution is -2.21. The Labute approximate surface area is 64.9 Å². The maximum atomic E-state index is 11.4. The summed E-state index contributed by atoms with van der Waals surface area (Å²) in [5.41, 5.74) is 0. The van der Waals surface area contributed by atoms with E-state index in [2.05, 4.69) is 16.0 Å². The lowest BCUT2D eigenvalue weighted by Gasteiger charge is -2.02. The standard InChI is InChI=1S/C7H11F2NO/c1-2-3-10-4-5-11-6-7(8)9/h1,7,10H,3-6H2. The van der Waals surface area contributed by atoms with Crippen molar-refractivity contribution in [3.05, 3.63) is 0 Å². The molecular weight excluding hydrogens is 152 g/mol. The van der Waals surface area contributed by atoms with E-state index in [0.717, 1.165) is 0 Å². The molecule has 0 bridgehead atoms. The van der Waals surface area contributed by atoms with E-state index >= 15 is 0 Å². The minimum atomic E-state index is -2.39. The Balaban J connectivity index is 2.86. The van der Waals surface area contributed by atoms with Crippen molar-refractivity contribution in [2.75, 3.05) is 26.3 Å². The molecule has 0 aliphatic carbocycles.